The molecule has 7 nitrogen and oxygen atoms in total. The number of aliphatic hydroxyl groups is 1. The Balaban J connectivity index is 1.61. The molecule has 0 aliphatic heterocycles. The number of rotatable bonds is 5. The minimum Gasteiger partial charge on any atom is -0.392 e. The topological polar surface area (TPSA) is 84.5 Å². The summed E-state index contributed by atoms with van der Waals surface area (Å²) in [5.41, 5.74) is 1.66. The molecule has 0 bridgehead atoms. The summed E-state index contributed by atoms with van der Waals surface area (Å²) in [6, 6.07) is 17.5. The lowest BCUT2D eigenvalue weighted by atomic mass is 10.00. The zero-order valence-electron chi connectivity index (χ0n) is 19.0. The molecule has 0 aliphatic carbocycles. The van der Waals surface area contributed by atoms with Crippen LogP contribution in [0.1, 0.15) is 21.5 Å². The van der Waals surface area contributed by atoms with Crippen LogP contribution in [0.5, 0.6) is 0 Å². The fourth-order valence-electron chi connectivity index (χ4n) is 4.08. The second-order valence-electron chi connectivity index (χ2n) is 8.17. The van der Waals surface area contributed by atoms with Gasteiger partial charge in [0.15, 0.2) is 0 Å². The number of nitrogens with one attached hydrogen (secondary N) is 1. The van der Waals surface area contributed by atoms with E-state index in [1.165, 1.54) is 33.7 Å². The van der Waals surface area contributed by atoms with Gasteiger partial charge in [0, 0.05) is 35.5 Å². The molecule has 0 radical (unpaired) electrons. The van der Waals surface area contributed by atoms with E-state index in [-0.39, 0.29) is 23.4 Å². The highest BCUT2D eigenvalue weighted by molar-refractivity contribution is 6.06. The molecule has 3 heterocycles. The number of hydrogen-bond acceptors (Lipinski definition) is 4. The fraction of sp³-hybridized carbons (Fsp3) is 0.115. The first-order valence-electron chi connectivity index (χ1n) is 10.9. The minimum atomic E-state index is -4.62. The Morgan fingerprint density at radius 2 is 1.81 bits per heavy atom. The third-order valence-electron chi connectivity index (χ3n) is 5.82. The van der Waals surface area contributed by atoms with Crippen molar-refractivity contribution in [1.82, 2.24) is 19.4 Å². The van der Waals surface area contributed by atoms with Crippen LogP contribution in [0.25, 0.3) is 27.9 Å². The third-order valence-corrected chi connectivity index (χ3v) is 5.82. The number of pyridine rings is 1. The van der Waals surface area contributed by atoms with Crippen LogP contribution in [-0.2, 0) is 19.8 Å². The normalized spacial score (nSPS) is 11.7. The zero-order chi connectivity index (χ0) is 25.4. The minimum absolute atomic E-state index is 0.0224. The van der Waals surface area contributed by atoms with E-state index in [9.17, 15) is 23.1 Å². The van der Waals surface area contributed by atoms with Gasteiger partial charge in [-0.25, -0.2) is 4.52 Å². The van der Waals surface area contributed by atoms with Crippen molar-refractivity contribution in [1.29, 1.82) is 0 Å². The van der Waals surface area contributed by atoms with Crippen molar-refractivity contribution >= 4 is 17.2 Å². The number of fused-ring (bicyclic) bond motifs is 1. The number of anilines is 1. The van der Waals surface area contributed by atoms with Gasteiger partial charge in [-0.15, -0.1) is 0 Å². The Kier molecular flexibility index (Phi) is 5.81. The lowest BCUT2D eigenvalue weighted by Gasteiger charge is -2.16. The van der Waals surface area contributed by atoms with E-state index in [1.54, 1.807) is 19.2 Å². The molecule has 0 unspecified atom stereocenters. The molecular weight excluding hydrogens is 471 g/mol. The highest BCUT2D eigenvalue weighted by atomic mass is 19.4. The molecule has 1 amide bonds. The summed E-state index contributed by atoms with van der Waals surface area (Å²) in [4.78, 5) is 13.4. The third kappa shape index (κ3) is 4.22. The van der Waals surface area contributed by atoms with Gasteiger partial charge in [-0.1, -0.05) is 30.3 Å². The average molecular weight is 491 g/mol. The number of benzene rings is 2. The Hall–Kier alpha value is -4.44. The Bertz CT molecular complexity index is 1570. The molecule has 0 saturated carbocycles. The number of nitrogens with zero attached hydrogens (tertiary/aromatic N) is 4. The quantitative estimate of drug-likeness (QED) is 0.356. The lowest BCUT2D eigenvalue weighted by molar-refractivity contribution is -0.137. The van der Waals surface area contributed by atoms with Crippen LogP contribution < -0.4 is 5.32 Å². The first kappa shape index (κ1) is 23.3. The second-order valence-corrected chi connectivity index (χ2v) is 8.17. The average Bonchev–Trinajstić information content (AvgIpc) is 3.50. The van der Waals surface area contributed by atoms with Crippen LogP contribution >= 0.6 is 0 Å². The smallest absolute Gasteiger partial charge is 0.392 e. The van der Waals surface area contributed by atoms with Crippen LogP contribution in [-0.4, -0.2) is 30.4 Å². The molecule has 5 aromatic rings. The molecule has 5 rings (SSSR count). The van der Waals surface area contributed by atoms with E-state index in [0.717, 1.165) is 17.7 Å². The Labute approximate surface area is 203 Å². The number of carbonyl (C=O) groups excluding carboxylic acids is 1. The van der Waals surface area contributed by atoms with Crippen LogP contribution in [0.15, 0.2) is 79.1 Å². The maximum Gasteiger partial charge on any atom is 0.417 e. The van der Waals surface area contributed by atoms with E-state index < -0.39 is 17.6 Å². The summed E-state index contributed by atoms with van der Waals surface area (Å²) in [7, 11) is 1.60. The van der Waals surface area contributed by atoms with E-state index >= 15 is 0 Å². The van der Waals surface area contributed by atoms with E-state index in [2.05, 4.69) is 15.5 Å². The number of hydrogen-bond donors (Lipinski definition) is 2. The Morgan fingerprint density at radius 1 is 1.03 bits per heavy atom. The van der Waals surface area contributed by atoms with Crippen molar-refractivity contribution in [2.75, 3.05) is 5.32 Å². The fourth-order valence-corrected chi connectivity index (χ4v) is 4.08. The van der Waals surface area contributed by atoms with Gasteiger partial charge in [0.1, 0.15) is 5.82 Å². The summed E-state index contributed by atoms with van der Waals surface area (Å²) >= 11 is 0. The van der Waals surface area contributed by atoms with Crippen molar-refractivity contribution < 1.29 is 23.1 Å². The van der Waals surface area contributed by atoms with Gasteiger partial charge in [-0.05, 0) is 42.0 Å². The number of alkyl halides is 3. The van der Waals surface area contributed by atoms with Crippen molar-refractivity contribution in [3.05, 3.63) is 95.8 Å². The summed E-state index contributed by atoms with van der Waals surface area (Å²) in [5.74, 6) is -0.297. The number of amides is 1. The molecule has 3 aromatic heterocycles. The molecule has 0 aliphatic rings. The van der Waals surface area contributed by atoms with Gasteiger partial charge in [0.05, 0.1) is 29.6 Å². The molecule has 10 heteroatoms. The largest absolute Gasteiger partial charge is 0.417 e. The van der Waals surface area contributed by atoms with Crippen LogP contribution in [0.3, 0.4) is 0 Å². The first-order valence-corrected chi connectivity index (χ1v) is 10.9. The first-order chi connectivity index (χ1) is 17.3. The summed E-state index contributed by atoms with van der Waals surface area (Å²) in [5, 5.41) is 20.9. The molecule has 0 spiro atoms. The van der Waals surface area contributed by atoms with Crippen LogP contribution in [0, 0.1) is 0 Å². The predicted octanol–water partition coefficient (Wildman–Crippen LogP) is 5.17. The molecule has 0 fully saturated rings. The predicted molar refractivity (Wildman–Crippen MR) is 128 cm³/mol. The van der Waals surface area contributed by atoms with Gasteiger partial charge in [0.25, 0.3) is 5.91 Å². The zero-order valence-corrected chi connectivity index (χ0v) is 19.0. The summed E-state index contributed by atoms with van der Waals surface area (Å²) in [6.45, 7) is -0.242. The van der Waals surface area contributed by atoms with E-state index in [1.807, 2.05) is 30.3 Å². The van der Waals surface area contributed by atoms with Gasteiger partial charge in [-0.2, -0.15) is 23.4 Å². The van der Waals surface area contributed by atoms with E-state index in [4.69, 9.17) is 0 Å². The number of halogens is 3. The highest BCUT2D eigenvalue weighted by Gasteiger charge is 2.34. The molecule has 0 saturated heterocycles. The monoisotopic (exact) mass is 491 g/mol. The van der Waals surface area contributed by atoms with Crippen LogP contribution in [0.2, 0.25) is 0 Å². The summed E-state index contributed by atoms with van der Waals surface area (Å²) in [6.07, 6.45) is -1.59. The standard InChI is InChI=1S/C26H20F3N5O2/c1-33-12-11-22(32-33)20-13-17(7-9-21(20)26(27,28)29)25(36)31-24-19(16-5-3-2-4-6-16)8-10-23-18(15-35)14-30-34(23)24/h2-14,35H,15H2,1H3,(H,31,36). The van der Waals surface area contributed by atoms with Gasteiger partial charge >= 0.3 is 6.18 Å². The SMILES string of the molecule is Cn1ccc(-c2cc(C(=O)Nc3c(-c4ccccc4)ccc4c(CO)cnn34)ccc2C(F)(F)F)n1. The molecule has 182 valence electrons. The van der Waals surface area contributed by atoms with Crippen LogP contribution in [0.4, 0.5) is 19.0 Å². The summed E-state index contributed by atoms with van der Waals surface area (Å²) < 4.78 is 44.0. The Morgan fingerprint density at radius 3 is 2.47 bits per heavy atom. The van der Waals surface area contributed by atoms with Crippen molar-refractivity contribution in [2.45, 2.75) is 12.8 Å². The van der Waals surface area contributed by atoms with Crippen molar-refractivity contribution in [3.8, 4) is 22.4 Å². The number of aryl methyl sites for hydroxylation is 1. The van der Waals surface area contributed by atoms with Gasteiger partial charge < -0.3 is 10.4 Å². The second kappa shape index (κ2) is 8.97. The highest BCUT2D eigenvalue weighted by Crippen LogP contribution is 2.37. The van der Waals surface area contributed by atoms with E-state index in [0.29, 0.717) is 22.5 Å². The van der Waals surface area contributed by atoms with Crippen molar-refractivity contribution in [2.24, 2.45) is 7.05 Å². The molecule has 36 heavy (non-hydrogen) atoms. The van der Waals surface area contributed by atoms with Gasteiger partial charge in [0.2, 0.25) is 0 Å². The number of aromatic nitrogens is 4. The molecule has 2 N–H and O–H groups in total. The maximum atomic E-state index is 13.7. The lowest BCUT2D eigenvalue weighted by Crippen LogP contribution is -2.17. The number of carbonyl (C=O) groups is 1. The van der Waals surface area contributed by atoms with Crippen molar-refractivity contribution in [3.63, 3.8) is 0 Å². The molecule has 0 atom stereocenters. The van der Waals surface area contributed by atoms with Gasteiger partial charge in [-0.3, -0.25) is 9.48 Å². The maximum absolute atomic E-state index is 13.7. The molecular formula is C26H20F3N5O2. The number of aliphatic hydroxyl groups excluding tert-OH is 1. The molecule has 2 aromatic carbocycles.